The quantitative estimate of drug-likeness (QED) is 0.856. The number of aliphatic hydroxyl groups excluding tert-OH is 1. The predicted molar refractivity (Wildman–Crippen MR) is 77.2 cm³/mol. The largest absolute Gasteiger partial charge is 0.393 e. The third kappa shape index (κ3) is 2.32. The zero-order valence-corrected chi connectivity index (χ0v) is 12.4. The first kappa shape index (κ1) is 13.9. The standard InChI is InChI=1S/C14H20N2O3S/c1-10-9-16(7-5-14(10)17)20(18,19)12-3-2-11-4-6-15-13(11)8-12/h2-3,8,10,14-15,17H,4-7,9H2,1H3. The molecule has 20 heavy (non-hydrogen) atoms. The number of benzene rings is 1. The lowest BCUT2D eigenvalue weighted by molar-refractivity contribution is 0.0628. The molecule has 110 valence electrons. The molecule has 1 fully saturated rings. The third-order valence-corrected chi connectivity index (χ3v) is 6.11. The summed E-state index contributed by atoms with van der Waals surface area (Å²) in [6, 6.07) is 5.31. The molecule has 0 amide bonds. The molecule has 5 nitrogen and oxygen atoms in total. The van der Waals surface area contributed by atoms with Crippen LogP contribution in [0.15, 0.2) is 23.1 Å². The van der Waals surface area contributed by atoms with E-state index in [9.17, 15) is 13.5 Å². The van der Waals surface area contributed by atoms with Crippen LogP contribution in [0.1, 0.15) is 18.9 Å². The van der Waals surface area contributed by atoms with E-state index in [2.05, 4.69) is 5.32 Å². The topological polar surface area (TPSA) is 69.6 Å². The van der Waals surface area contributed by atoms with Gasteiger partial charge >= 0.3 is 0 Å². The highest BCUT2D eigenvalue weighted by atomic mass is 32.2. The number of rotatable bonds is 2. The average Bonchev–Trinajstić information content (AvgIpc) is 2.89. The minimum absolute atomic E-state index is 0.0222. The summed E-state index contributed by atoms with van der Waals surface area (Å²) in [5, 5.41) is 12.9. The van der Waals surface area contributed by atoms with Gasteiger partial charge in [0, 0.05) is 25.3 Å². The lowest BCUT2D eigenvalue weighted by atomic mass is 9.99. The van der Waals surface area contributed by atoms with E-state index in [4.69, 9.17) is 0 Å². The van der Waals surface area contributed by atoms with Gasteiger partial charge in [0.1, 0.15) is 0 Å². The predicted octanol–water partition coefficient (Wildman–Crippen LogP) is 1.05. The molecule has 0 aliphatic carbocycles. The second-order valence-electron chi connectivity index (χ2n) is 5.69. The number of nitrogens with one attached hydrogen (secondary N) is 1. The summed E-state index contributed by atoms with van der Waals surface area (Å²) in [4.78, 5) is 0.342. The van der Waals surface area contributed by atoms with Crippen LogP contribution in [0.25, 0.3) is 0 Å². The average molecular weight is 296 g/mol. The van der Waals surface area contributed by atoms with E-state index in [1.165, 1.54) is 9.87 Å². The van der Waals surface area contributed by atoms with Crippen LogP contribution in [0.2, 0.25) is 0 Å². The second-order valence-corrected chi connectivity index (χ2v) is 7.63. The van der Waals surface area contributed by atoms with Gasteiger partial charge in [0.15, 0.2) is 0 Å². The number of nitrogens with zero attached hydrogens (tertiary/aromatic N) is 1. The molecule has 0 aromatic heterocycles. The molecule has 6 heteroatoms. The molecule has 0 bridgehead atoms. The zero-order chi connectivity index (χ0) is 14.3. The Morgan fingerprint density at radius 1 is 1.40 bits per heavy atom. The molecule has 1 aromatic rings. The number of piperidine rings is 1. The van der Waals surface area contributed by atoms with Crippen LogP contribution in [0.4, 0.5) is 5.69 Å². The van der Waals surface area contributed by atoms with E-state index in [0.717, 1.165) is 18.7 Å². The van der Waals surface area contributed by atoms with E-state index in [0.29, 0.717) is 24.4 Å². The maximum atomic E-state index is 12.7. The summed E-state index contributed by atoms with van der Waals surface area (Å²) < 4.78 is 26.8. The molecule has 0 saturated carbocycles. The molecule has 0 spiro atoms. The van der Waals surface area contributed by atoms with Gasteiger partial charge in [0.2, 0.25) is 10.0 Å². The van der Waals surface area contributed by atoms with Crippen molar-refractivity contribution in [1.82, 2.24) is 4.31 Å². The molecule has 1 saturated heterocycles. The van der Waals surface area contributed by atoms with Gasteiger partial charge in [-0.3, -0.25) is 0 Å². The summed E-state index contributed by atoms with van der Waals surface area (Å²) in [5.74, 6) is -0.0222. The minimum atomic E-state index is -3.46. The lowest BCUT2D eigenvalue weighted by Crippen LogP contribution is -2.44. The first-order chi connectivity index (χ1) is 9.48. The van der Waals surface area contributed by atoms with Crippen LogP contribution in [-0.2, 0) is 16.4 Å². The molecule has 2 aliphatic rings. The van der Waals surface area contributed by atoms with Gasteiger partial charge in [0.25, 0.3) is 0 Å². The van der Waals surface area contributed by atoms with E-state index in [-0.39, 0.29) is 5.92 Å². The van der Waals surface area contributed by atoms with Crippen LogP contribution < -0.4 is 5.32 Å². The lowest BCUT2D eigenvalue weighted by Gasteiger charge is -2.33. The normalized spacial score (nSPS) is 27.1. The van der Waals surface area contributed by atoms with Crippen molar-refractivity contribution in [1.29, 1.82) is 0 Å². The van der Waals surface area contributed by atoms with Crippen molar-refractivity contribution in [2.45, 2.75) is 30.8 Å². The Bertz CT molecular complexity index is 615. The van der Waals surface area contributed by atoms with Crippen LogP contribution in [0, 0.1) is 5.92 Å². The van der Waals surface area contributed by atoms with E-state index in [1.807, 2.05) is 13.0 Å². The zero-order valence-electron chi connectivity index (χ0n) is 11.5. The first-order valence-electron chi connectivity index (χ1n) is 7.03. The Kier molecular flexibility index (Phi) is 3.48. The van der Waals surface area contributed by atoms with Crippen LogP contribution in [0.5, 0.6) is 0 Å². The van der Waals surface area contributed by atoms with Crippen LogP contribution in [-0.4, -0.2) is 43.6 Å². The fraction of sp³-hybridized carbons (Fsp3) is 0.571. The van der Waals surface area contributed by atoms with Crippen molar-refractivity contribution in [3.05, 3.63) is 23.8 Å². The van der Waals surface area contributed by atoms with Gasteiger partial charge in [-0.2, -0.15) is 4.31 Å². The highest BCUT2D eigenvalue weighted by Crippen LogP contribution is 2.29. The maximum absolute atomic E-state index is 12.7. The van der Waals surface area contributed by atoms with Crippen molar-refractivity contribution in [2.75, 3.05) is 25.0 Å². The van der Waals surface area contributed by atoms with Crippen molar-refractivity contribution in [2.24, 2.45) is 5.92 Å². The maximum Gasteiger partial charge on any atom is 0.243 e. The van der Waals surface area contributed by atoms with Crippen molar-refractivity contribution >= 4 is 15.7 Å². The monoisotopic (exact) mass is 296 g/mol. The fourth-order valence-corrected chi connectivity index (χ4v) is 4.47. The molecule has 2 N–H and O–H groups in total. The molecular formula is C14H20N2O3S. The number of aliphatic hydroxyl groups is 1. The minimum Gasteiger partial charge on any atom is -0.393 e. The molecule has 2 unspecified atom stereocenters. The van der Waals surface area contributed by atoms with Crippen LogP contribution in [0.3, 0.4) is 0 Å². The summed E-state index contributed by atoms with van der Waals surface area (Å²) in [5.41, 5.74) is 2.10. The summed E-state index contributed by atoms with van der Waals surface area (Å²) >= 11 is 0. The summed E-state index contributed by atoms with van der Waals surface area (Å²) in [7, 11) is -3.46. The number of hydrogen-bond donors (Lipinski definition) is 2. The number of anilines is 1. The van der Waals surface area contributed by atoms with Gasteiger partial charge in [0.05, 0.1) is 11.0 Å². The van der Waals surface area contributed by atoms with Gasteiger partial charge in [-0.15, -0.1) is 0 Å². The highest BCUT2D eigenvalue weighted by molar-refractivity contribution is 7.89. The smallest absolute Gasteiger partial charge is 0.243 e. The SMILES string of the molecule is CC1CN(S(=O)(=O)c2ccc3c(c2)NCC3)CCC1O. The second kappa shape index (κ2) is 5.02. The van der Waals surface area contributed by atoms with E-state index in [1.54, 1.807) is 12.1 Å². The summed E-state index contributed by atoms with van der Waals surface area (Å²) in [6.45, 7) is 3.52. The Balaban J connectivity index is 1.88. The molecule has 2 atom stereocenters. The van der Waals surface area contributed by atoms with Gasteiger partial charge < -0.3 is 10.4 Å². The Hall–Kier alpha value is -1.11. The fourth-order valence-electron chi connectivity index (χ4n) is 2.89. The Labute approximate surface area is 119 Å². The molecule has 1 aromatic carbocycles. The molecule has 2 aliphatic heterocycles. The van der Waals surface area contributed by atoms with Gasteiger partial charge in [-0.05, 0) is 36.5 Å². The first-order valence-corrected chi connectivity index (χ1v) is 8.47. The molecule has 3 rings (SSSR count). The number of fused-ring (bicyclic) bond motifs is 1. The van der Waals surface area contributed by atoms with Gasteiger partial charge in [-0.25, -0.2) is 8.42 Å². The molecule has 0 radical (unpaired) electrons. The molecule has 2 heterocycles. The van der Waals surface area contributed by atoms with Crippen molar-refractivity contribution in [3.63, 3.8) is 0 Å². The van der Waals surface area contributed by atoms with E-state index >= 15 is 0 Å². The highest BCUT2D eigenvalue weighted by Gasteiger charge is 2.33. The Morgan fingerprint density at radius 2 is 2.20 bits per heavy atom. The van der Waals surface area contributed by atoms with Gasteiger partial charge in [-0.1, -0.05) is 13.0 Å². The number of sulfonamides is 1. The van der Waals surface area contributed by atoms with E-state index < -0.39 is 16.1 Å². The third-order valence-electron chi connectivity index (χ3n) is 4.25. The Morgan fingerprint density at radius 3 is 2.95 bits per heavy atom. The van der Waals surface area contributed by atoms with Crippen molar-refractivity contribution < 1.29 is 13.5 Å². The summed E-state index contributed by atoms with van der Waals surface area (Å²) in [6.07, 6.45) is 1.05. The van der Waals surface area contributed by atoms with Crippen molar-refractivity contribution in [3.8, 4) is 0 Å². The van der Waals surface area contributed by atoms with Crippen LogP contribution >= 0.6 is 0 Å². The number of hydrogen-bond acceptors (Lipinski definition) is 4. The molecular weight excluding hydrogens is 276 g/mol.